The molecule has 7 nitrogen and oxygen atoms in total. The molecule has 1 aromatic carbocycles. The van der Waals surface area contributed by atoms with Crippen LogP contribution in [0.2, 0.25) is 0 Å². The molecule has 0 aliphatic heterocycles. The first-order valence-corrected chi connectivity index (χ1v) is 10.7. The fourth-order valence-electron chi connectivity index (χ4n) is 3.40. The molecule has 0 bridgehead atoms. The Morgan fingerprint density at radius 3 is 3.03 bits per heavy atom. The lowest BCUT2D eigenvalue weighted by molar-refractivity contribution is -0.115. The first-order valence-electron chi connectivity index (χ1n) is 8.94. The molecule has 5 rings (SSSR count). The van der Waals surface area contributed by atoms with Gasteiger partial charge in [0.15, 0.2) is 10.1 Å². The van der Waals surface area contributed by atoms with E-state index in [1.807, 2.05) is 52.7 Å². The Hall–Kier alpha value is -3.17. The lowest BCUT2D eigenvalue weighted by Crippen LogP contribution is -2.14. The van der Waals surface area contributed by atoms with Gasteiger partial charge in [-0.1, -0.05) is 0 Å². The van der Waals surface area contributed by atoms with E-state index in [0.717, 1.165) is 44.3 Å². The second-order valence-corrected chi connectivity index (χ2v) is 8.36. The topological polar surface area (TPSA) is 84.3 Å². The van der Waals surface area contributed by atoms with Crippen molar-refractivity contribution >= 4 is 49.6 Å². The number of aromatic nitrogens is 4. The smallest absolute Gasteiger partial charge is 0.232 e. The summed E-state index contributed by atoms with van der Waals surface area (Å²) in [6.45, 7) is 2.02. The molecule has 0 fully saturated rings. The Balaban J connectivity index is 1.37. The number of carbonyl (C=O) groups is 1. The number of rotatable bonds is 5. The molecule has 0 aliphatic carbocycles. The lowest BCUT2D eigenvalue weighted by Gasteiger charge is -2.01. The maximum absolute atomic E-state index is 12.4. The molecule has 1 amide bonds. The molecular formula is C20H17N5O2S2. The number of amides is 1. The zero-order valence-electron chi connectivity index (χ0n) is 15.7. The van der Waals surface area contributed by atoms with Crippen LogP contribution in [0.3, 0.4) is 0 Å². The summed E-state index contributed by atoms with van der Waals surface area (Å²) in [6.07, 6.45) is 4.02. The van der Waals surface area contributed by atoms with Gasteiger partial charge in [0.25, 0.3) is 0 Å². The van der Waals surface area contributed by atoms with Gasteiger partial charge in [-0.15, -0.1) is 22.7 Å². The average Bonchev–Trinajstić information content (AvgIpc) is 3.44. The van der Waals surface area contributed by atoms with Gasteiger partial charge < -0.3 is 15.0 Å². The summed E-state index contributed by atoms with van der Waals surface area (Å²) >= 11 is 2.95. The summed E-state index contributed by atoms with van der Waals surface area (Å²) in [7, 11) is 1.65. The van der Waals surface area contributed by atoms with Crippen LogP contribution in [0.5, 0.6) is 5.75 Å². The van der Waals surface area contributed by atoms with E-state index >= 15 is 0 Å². The molecule has 0 saturated carbocycles. The van der Waals surface area contributed by atoms with Crippen LogP contribution >= 0.6 is 22.7 Å². The zero-order chi connectivity index (χ0) is 20.0. The molecule has 2 N–H and O–H groups in total. The summed E-state index contributed by atoms with van der Waals surface area (Å²) in [6, 6.07) is 5.92. The first-order chi connectivity index (χ1) is 14.1. The highest BCUT2D eigenvalue weighted by Crippen LogP contribution is 2.35. The number of aryl methyl sites for hydroxylation is 1. The predicted molar refractivity (Wildman–Crippen MR) is 116 cm³/mol. The van der Waals surface area contributed by atoms with Gasteiger partial charge in [-0.2, -0.15) is 0 Å². The molecule has 0 aliphatic rings. The summed E-state index contributed by atoms with van der Waals surface area (Å²) < 4.78 is 7.28. The molecule has 5 aromatic rings. The van der Waals surface area contributed by atoms with E-state index in [1.54, 1.807) is 18.4 Å². The minimum Gasteiger partial charge on any atom is -0.497 e. The van der Waals surface area contributed by atoms with Crippen molar-refractivity contribution in [2.24, 2.45) is 0 Å². The van der Waals surface area contributed by atoms with Crippen LogP contribution in [-0.2, 0) is 11.2 Å². The molecule has 0 atom stereocenters. The lowest BCUT2D eigenvalue weighted by atomic mass is 10.1. The molecule has 0 saturated heterocycles. The summed E-state index contributed by atoms with van der Waals surface area (Å²) in [5, 5.41) is 8.42. The Bertz CT molecular complexity index is 1320. The molecule has 0 spiro atoms. The summed E-state index contributed by atoms with van der Waals surface area (Å²) in [4.78, 5) is 25.8. The first kappa shape index (κ1) is 17.9. The number of anilines is 1. The molecule has 4 heterocycles. The quantitative estimate of drug-likeness (QED) is 0.436. The van der Waals surface area contributed by atoms with Crippen molar-refractivity contribution in [2.75, 3.05) is 12.4 Å². The number of nitrogens with zero attached hydrogens (tertiary/aromatic N) is 3. The average molecular weight is 424 g/mol. The molecule has 146 valence electrons. The van der Waals surface area contributed by atoms with E-state index in [1.165, 1.54) is 11.3 Å². The van der Waals surface area contributed by atoms with Crippen LogP contribution in [0.15, 0.2) is 41.4 Å². The maximum Gasteiger partial charge on any atom is 0.232 e. The van der Waals surface area contributed by atoms with Crippen LogP contribution in [-0.4, -0.2) is 32.4 Å². The number of hydrogen-bond donors (Lipinski definition) is 2. The summed E-state index contributed by atoms with van der Waals surface area (Å²) in [5.41, 5.74) is 4.63. The van der Waals surface area contributed by atoms with Crippen molar-refractivity contribution in [1.82, 2.24) is 19.4 Å². The zero-order valence-corrected chi connectivity index (χ0v) is 17.4. The second kappa shape index (κ2) is 7.02. The maximum atomic E-state index is 12.4. The van der Waals surface area contributed by atoms with Gasteiger partial charge in [0.2, 0.25) is 5.91 Å². The van der Waals surface area contributed by atoms with Crippen LogP contribution in [0.25, 0.3) is 27.1 Å². The SMILES string of the molecule is COc1ccc2[nH]c(C)c(-c3csc(NC(=O)Cc4cn5ccsc5n4)n3)c2c1. The standard InChI is InChI=1S/C20H17N5O2S2/c1-11-18(14-8-13(27-2)3-4-15(14)21-11)16-10-29-19(23-16)24-17(26)7-12-9-25-5-6-28-20(25)22-12/h3-6,8-10,21H,7H2,1-2H3,(H,23,24,26). The highest BCUT2D eigenvalue weighted by atomic mass is 32.1. The van der Waals surface area contributed by atoms with E-state index < -0.39 is 0 Å². The highest BCUT2D eigenvalue weighted by molar-refractivity contribution is 7.15. The fraction of sp³-hybridized carbons (Fsp3) is 0.150. The molecular weight excluding hydrogens is 406 g/mol. The highest BCUT2D eigenvalue weighted by Gasteiger charge is 2.16. The third-order valence-corrected chi connectivity index (χ3v) is 6.21. The monoisotopic (exact) mass is 423 g/mol. The number of nitrogens with one attached hydrogen (secondary N) is 2. The van der Waals surface area contributed by atoms with Crippen LogP contribution in [0, 0.1) is 6.92 Å². The second-order valence-electron chi connectivity index (χ2n) is 6.62. The number of carbonyl (C=O) groups excluding carboxylic acids is 1. The van der Waals surface area contributed by atoms with Crippen LogP contribution < -0.4 is 10.1 Å². The number of fused-ring (bicyclic) bond motifs is 2. The largest absolute Gasteiger partial charge is 0.497 e. The summed E-state index contributed by atoms with van der Waals surface area (Å²) in [5.74, 6) is 0.662. The molecule has 0 radical (unpaired) electrons. The van der Waals surface area contributed by atoms with Gasteiger partial charge >= 0.3 is 0 Å². The van der Waals surface area contributed by atoms with E-state index in [0.29, 0.717) is 5.13 Å². The molecule has 9 heteroatoms. The minimum atomic E-state index is -0.131. The van der Waals surface area contributed by atoms with Gasteiger partial charge in [-0.25, -0.2) is 9.97 Å². The van der Waals surface area contributed by atoms with Gasteiger partial charge in [0.1, 0.15) is 5.75 Å². The van der Waals surface area contributed by atoms with E-state index in [9.17, 15) is 4.79 Å². The van der Waals surface area contributed by atoms with Gasteiger partial charge in [-0.05, 0) is 25.1 Å². The number of methoxy groups -OCH3 is 1. The normalized spacial score (nSPS) is 11.4. The number of hydrogen-bond acceptors (Lipinski definition) is 6. The number of ether oxygens (including phenoxy) is 1. The van der Waals surface area contributed by atoms with Gasteiger partial charge in [0, 0.05) is 45.3 Å². The minimum absolute atomic E-state index is 0.131. The van der Waals surface area contributed by atoms with Crippen LogP contribution in [0.4, 0.5) is 5.13 Å². The fourth-order valence-corrected chi connectivity index (χ4v) is 4.83. The van der Waals surface area contributed by atoms with Gasteiger partial charge in [0.05, 0.1) is 24.9 Å². The Kier molecular flexibility index (Phi) is 4.33. The van der Waals surface area contributed by atoms with Crippen molar-refractivity contribution < 1.29 is 9.53 Å². The number of aromatic amines is 1. The third-order valence-electron chi connectivity index (χ3n) is 4.68. The van der Waals surface area contributed by atoms with E-state index in [-0.39, 0.29) is 12.3 Å². The third kappa shape index (κ3) is 3.28. The Labute approximate surface area is 174 Å². The van der Waals surface area contributed by atoms with Crippen molar-refractivity contribution in [3.63, 3.8) is 0 Å². The molecule has 0 unspecified atom stereocenters. The van der Waals surface area contributed by atoms with Gasteiger partial charge in [-0.3, -0.25) is 9.20 Å². The predicted octanol–water partition coefficient (Wildman–Crippen LogP) is 4.50. The van der Waals surface area contributed by atoms with Crippen molar-refractivity contribution in [2.45, 2.75) is 13.3 Å². The van der Waals surface area contributed by atoms with E-state index in [2.05, 4.69) is 20.3 Å². The molecule has 29 heavy (non-hydrogen) atoms. The number of H-pyrrole nitrogens is 1. The number of imidazole rings is 1. The van der Waals surface area contributed by atoms with Crippen molar-refractivity contribution in [3.8, 4) is 17.0 Å². The van der Waals surface area contributed by atoms with E-state index in [4.69, 9.17) is 4.74 Å². The number of thiazole rings is 2. The number of benzene rings is 1. The Morgan fingerprint density at radius 2 is 2.21 bits per heavy atom. The van der Waals surface area contributed by atoms with Crippen LogP contribution in [0.1, 0.15) is 11.4 Å². The Morgan fingerprint density at radius 1 is 1.31 bits per heavy atom. The molecule has 4 aromatic heterocycles. The van der Waals surface area contributed by atoms with Crippen molar-refractivity contribution in [1.29, 1.82) is 0 Å². The van der Waals surface area contributed by atoms with Crippen molar-refractivity contribution in [3.05, 3.63) is 52.7 Å².